The average Bonchev–Trinajstić information content (AvgIpc) is 2.85. The Labute approximate surface area is 201 Å². The minimum Gasteiger partial charge on any atom is -0.497 e. The number of halogens is 1. The first-order valence-corrected chi connectivity index (χ1v) is 10.6. The van der Waals surface area contributed by atoms with E-state index in [1.165, 1.54) is 0 Å². The maximum atomic E-state index is 12.4. The number of urea groups is 1. The number of amides is 2. The fraction of sp³-hybridized carbons (Fsp3) is 0.120. The second-order valence-electron chi connectivity index (χ2n) is 7.08. The number of carbonyl (C=O) groups excluding carboxylic acids is 1. The molecule has 4 rings (SSSR count). The third-order valence-electron chi connectivity index (χ3n) is 4.97. The van der Waals surface area contributed by atoms with Crippen molar-refractivity contribution < 1.29 is 23.7 Å². The Kier molecular flexibility index (Phi) is 6.89. The molecule has 0 saturated heterocycles. The van der Waals surface area contributed by atoms with Crippen molar-refractivity contribution in [3.63, 3.8) is 0 Å². The number of methoxy groups -OCH3 is 3. The first-order valence-electron chi connectivity index (χ1n) is 10.2. The van der Waals surface area contributed by atoms with Crippen molar-refractivity contribution in [2.45, 2.75) is 0 Å². The Morgan fingerprint density at radius 3 is 2.18 bits per heavy atom. The molecule has 9 heteroatoms. The topological polar surface area (TPSA) is 90.9 Å². The monoisotopic (exact) mass is 479 g/mol. The Morgan fingerprint density at radius 1 is 0.794 bits per heavy atom. The highest BCUT2D eigenvalue weighted by Crippen LogP contribution is 2.37. The Bertz CT molecular complexity index is 1330. The van der Waals surface area contributed by atoms with Crippen LogP contribution in [0.5, 0.6) is 28.7 Å². The Morgan fingerprint density at radius 2 is 1.50 bits per heavy atom. The number of aromatic nitrogens is 1. The van der Waals surface area contributed by atoms with Crippen molar-refractivity contribution >= 4 is 39.9 Å². The van der Waals surface area contributed by atoms with Gasteiger partial charge in [-0.2, -0.15) is 0 Å². The molecule has 4 aromatic rings. The molecular formula is C25H22ClN3O5. The van der Waals surface area contributed by atoms with Crippen molar-refractivity contribution in [3.8, 4) is 28.7 Å². The summed E-state index contributed by atoms with van der Waals surface area (Å²) in [5.41, 5.74) is 1.74. The fourth-order valence-corrected chi connectivity index (χ4v) is 3.50. The number of fused-ring (bicyclic) bond motifs is 1. The van der Waals surface area contributed by atoms with Crippen LogP contribution in [0, 0.1) is 0 Å². The highest BCUT2D eigenvalue weighted by molar-refractivity contribution is 6.34. The van der Waals surface area contributed by atoms with Crippen LogP contribution in [-0.2, 0) is 0 Å². The van der Waals surface area contributed by atoms with Crippen molar-refractivity contribution in [2.75, 3.05) is 32.0 Å². The number of ether oxygens (including phenoxy) is 4. The van der Waals surface area contributed by atoms with Crippen LogP contribution in [0.3, 0.4) is 0 Å². The van der Waals surface area contributed by atoms with Gasteiger partial charge in [0.25, 0.3) is 0 Å². The van der Waals surface area contributed by atoms with Crippen molar-refractivity contribution in [2.24, 2.45) is 0 Å². The number of benzene rings is 3. The second-order valence-corrected chi connectivity index (χ2v) is 7.49. The molecule has 2 amide bonds. The molecule has 1 aromatic heterocycles. The lowest BCUT2D eigenvalue weighted by atomic mass is 10.2. The molecule has 0 spiro atoms. The van der Waals surface area contributed by atoms with E-state index in [9.17, 15) is 4.79 Å². The summed E-state index contributed by atoms with van der Waals surface area (Å²) >= 11 is 6.40. The molecule has 0 radical (unpaired) electrons. The smallest absolute Gasteiger partial charge is 0.323 e. The molecule has 1 heterocycles. The van der Waals surface area contributed by atoms with Crippen LogP contribution in [0.2, 0.25) is 5.02 Å². The summed E-state index contributed by atoms with van der Waals surface area (Å²) in [6.45, 7) is 0. The summed E-state index contributed by atoms with van der Waals surface area (Å²) in [6.07, 6.45) is 1.64. The maximum Gasteiger partial charge on any atom is 0.323 e. The predicted octanol–water partition coefficient (Wildman–Crippen LogP) is 6.35. The first-order chi connectivity index (χ1) is 16.5. The van der Waals surface area contributed by atoms with Crippen molar-refractivity contribution in [1.82, 2.24) is 4.98 Å². The minimum atomic E-state index is -0.429. The second kappa shape index (κ2) is 10.2. The normalized spacial score (nSPS) is 10.5. The van der Waals surface area contributed by atoms with Gasteiger partial charge in [-0.25, -0.2) is 4.79 Å². The summed E-state index contributed by atoms with van der Waals surface area (Å²) in [7, 11) is 4.71. The van der Waals surface area contributed by atoms with Crippen LogP contribution in [0.25, 0.3) is 10.9 Å². The summed E-state index contributed by atoms with van der Waals surface area (Å²) in [4.78, 5) is 16.7. The van der Waals surface area contributed by atoms with Gasteiger partial charge >= 0.3 is 6.03 Å². The van der Waals surface area contributed by atoms with Gasteiger partial charge in [-0.15, -0.1) is 0 Å². The van der Waals surface area contributed by atoms with Crippen LogP contribution in [-0.4, -0.2) is 32.3 Å². The van der Waals surface area contributed by atoms with E-state index >= 15 is 0 Å². The van der Waals surface area contributed by atoms with E-state index in [1.807, 2.05) is 0 Å². The van der Waals surface area contributed by atoms with Crippen LogP contribution in [0.1, 0.15) is 0 Å². The van der Waals surface area contributed by atoms with Crippen molar-refractivity contribution in [1.29, 1.82) is 0 Å². The van der Waals surface area contributed by atoms with E-state index < -0.39 is 6.03 Å². The molecule has 174 valence electrons. The molecule has 0 atom stereocenters. The molecular weight excluding hydrogens is 458 g/mol. The number of pyridine rings is 1. The molecule has 8 nitrogen and oxygen atoms in total. The van der Waals surface area contributed by atoms with E-state index in [1.54, 1.807) is 88.2 Å². The van der Waals surface area contributed by atoms with Gasteiger partial charge in [0.1, 0.15) is 17.2 Å². The van der Waals surface area contributed by atoms with Gasteiger partial charge in [-0.05, 0) is 48.5 Å². The zero-order valence-electron chi connectivity index (χ0n) is 18.7. The fourth-order valence-electron chi connectivity index (χ4n) is 3.28. The third kappa shape index (κ3) is 5.07. The van der Waals surface area contributed by atoms with E-state index in [0.717, 1.165) is 5.39 Å². The lowest BCUT2D eigenvalue weighted by molar-refractivity contribution is 0.262. The minimum absolute atomic E-state index is 0.319. The number of carbonyl (C=O) groups is 1. The quantitative estimate of drug-likeness (QED) is 0.321. The SMILES string of the molecule is COc1ccc(NC(=O)Nc2ccc(Oc3ccnc4cc(OC)c(OC)cc34)cc2Cl)cc1. The highest BCUT2D eigenvalue weighted by atomic mass is 35.5. The van der Waals surface area contributed by atoms with E-state index in [4.69, 9.17) is 30.5 Å². The number of anilines is 2. The summed E-state index contributed by atoms with van der Waals surface area (Å²) < 4.78 is 21.9. The molecule has 0 aliphatic rings. The number of hydrogen-bond donors (Lipinski definition) is 2. The number of nitrogens with one attached hydrogen (secondary N) is 2. The summed E-state index contributed by atoms with van der Waals surface area (Å²) in [5.74, 6) is 2.90. The van der Waals surface area contributed by atoms with E-state index in [2.05, 4.69) is 15.6 Å². The standard InChI is InChI=1S/C25H22ClN3O5/c1-31-16-6-4-15(5-7-16)28-25(30)29-20-9-8-17(12-19(20)26)34-22-10-11-27-21-14-24(33-3)23(32-2)13-18(21)22/h4-14H,1-3H3,(H2,28,29,30). The zero-order valence-corrected chi connectivity index (χ0v) is 19.5. The number of nitrogens with zero attached hydrogens (tertiary/aromatic N) is 1. The molecule has 34 heavy (non-hydrogen) atoms. The molecule has 3 aromatic carbocycles. The molecule has 0 bridgehead atoms. The van der Waals surface area contributed by atoms with E-state index in [0.29, 0.717) is 50.7 Å². The Balaban J connectivity index is 1.50. The highest BCUT2D eigenvalue weighted by Gasteiger charge is 2.13. The number of rotatable bonds is 7. The van der Waals surface area contributed by atoms with Gasteiger partial charge in [0, 0.05) is 29.4 Å². The van der Waals surface area contributed by atoms with Gasteiger partial charge in [-0.3, -0.25) is 4.98 Å². The third-order valence-corrected chi connectivity index (χ3v) is 5.28. The van der Waals surface area contributed by atoms with E-state index in [-0.39, 0.29) is 0 Å². The lowest BCUT2D eigenvalue weighted by Gasteiger charge is -2.13. The van der Waals surface area contributed by atoms with Crippen LogP contribution in [0.15, 0.2) is 66.9 Å². The van der Waals surface area contributed by atoms with Crippen LogP contribution in [0.4, 0.5) is 16.2 Å². The van der Waals surface area contributed by atoms with Crippen molar-refractivity contribution in [3.05, 3.63) is 71.9 Å². The summed E-state index contributed by atoms with van der Waals surface area (Å²) in [6, 6.07) is 16.9. The Hall–Kier alpha value is -4.17. The van der Waals surface area contributed by atoms with Crippen LogP contribution >= 0.6 is 11.6 Å². The largest absolute Gasteiger partial charge is 0.497 e. The summed E-state index contributed by atoms with van der Waals surface area (Å²) in [5, 5.41) is 6.53. The zero-order chi connectivity index (χ0) is 24.1. The van der Waals surface area contributed by atoms with Gasteiger partial charge in [0.05, 0.1) is 37.6 Å². The molecule has 2 N–H and O–H groups in total. The first kappa shape index (κ1) is 23.0. The van der Waals surface area contributed by atoms with Gasteiger partial charge < -0.3 is 29.6 Å². The average molecular weight is 480 g/mol. The van der Waals surface area contributed by atoms with Gasteiger partial charge in [-0.1, -0.05) is 11.6 Å². The molecule has 0 fully saturated rings. The molecule has 0 aliphatic heterocycles. The van der Waals surface area contributed by atoms with Gasteiger partial charge in [0.15, 0.2) is 11.5 Å². The lowest BCUT2D eigenvalue weighted by Crippen LogP contribution is -2.19. The molecule has 0 unspecified atom stereocenters. The molecule has 0 saturated carbocycles. The van der Waals surface area contributed by atoms with Crippen LogP contribution < -0.4 is 29.6 Å². The van der Waals surface area contributed by atoms with Gasteiger partial charge in [0.2, 0.25) is 0 Å². The predicted molar refractivity (Wildman–Crippen MR) is 132 cm³/mol. The number of hydrogen-bond acceptors (Lipinski definition) is 6. The maximum absolute atomic E-state index is 12.4. The molecule has 0 aliphatic carbocycles.